The van der Waals surface area contributed by atoms with E-state index in [0.29, 0.717) is 11.7 Å². The van der Waals surface area contributed by atoms with Crippen LogP contribution in [0.5, 0.6) is 0 Å². The van der Waals surface area contributed by atoms with Crippen LogP contribution in [0.4, 0.5) is 0 Å². The molecule has 1 saturated carbocycles. The zero-order valence-corrected chi connectivity index (χ0v) is 14.0. The maximum Gasteiger partial charge on any atom is 0.273 e. The van der Waals surface area contributed by atoms with Gasteiger partial charge < -0.3 is 4.90 Å². The number of rotatable bonds is 3. The molecule has 0 spiro atoms. The number of thiazole rings is 1. The van der Waals surface area contributed by atoms with E-state index in [9.17, 15) is 4.79 Å². The van der Waals surface area contributed by atoms with Crippen molar-refractivity contribution in [3.05, 3.63) is 41.4 Å². The van der Waals surface area contributed by atoms with E-state index in [-0.39, 0.29) is 5.91 Å². The molecule has 0 N–H and O–H groups in total. The average molecular weight is 314 g/mol. The maximum atomic E-state index is 12.6. The molecule has 22 heavy (non-hydrogen) atoms. The van der Waals surface area contributed by atoms with E-state index in [1.54, 1.807) is 0 Å². The van der Waals surface area contributed by atoms with Gasteiger partial charge in [-0.2, -0.15) is 0 Å². The van der Waals surface area contributed by atoms with E-state index in [2.05, 4.69) is 11.9 Å². The van der Waals surface area contributed by atoms with Crippen molar-refractivity contribution in [2.24, 2.45) is 5.92 Å². The number of hydrogen-bond acceptors (Lipinski definition) is 3. The zero-order valence-electron chi connectivity index (χ0n) is 13.2. The molecule has 1 amide bonds. The van der Waals surface area contributed by atoms with Gasteiger partial charge in [0.15, 0.2) is 0 Å². The first kappa shape index (κ1) is 15.2. The first-order valence-electron chi connectivity index (χ1n) is 7.93. The molecular weight excluding hydrogens is 292 g/mol. The van der Waals surface area contributed by atoms with Crippen molar-refractivity contribution in [1.29, 1.82) is 0 Å². The molecule has 0 saturated heterocycles. The second-order valence-corrected chi connectivity index (χ2v) is 7.09. The summed E-state index contributed by atoms with van der Waals surface area (Å²) in [6, 6.07) is 10.4. The third-order valence-electron chi connectivity index (χ3n) is 4.60. The summed E-state index contributed by atoms with van der Waals surface area (Å²) in [5, 5.41) is 2.79. The number of amides is 1. The Morgan fingerprint density at radius 2 is 1.86 bits per heavy atom. The zero-order chi connectivity index (χ0) is 15.5. The molecule has 1 aliphatic rings. The first-order valence-corrected chi connectivity index (χ1v) is 8.81. The van der Waals surface area contributed by atoms with Crippen LogP contribution in [0.15, 0.2) is 35.7 Å². The van der Waals surface area contributed by atoms with E-state index in [4.69, 9.17) is 0 Å². The van der Waals surface area contributed by atoms with Crippen LogP contribution in [0, 0.1) is 5.92 Å². The maximum absolute atomic E-state index is 12.6. The van der Waals surface area contributed by atoms with Gasteiger partial charge in [0.2, 0.25) is 0 Å². The minimum Gasteiger partial charge on any atom is -0.337 e. The molecule has 2 aromatic rings. The summed E-state index contributed by atoms with van der Waals surface area (Å²) < 4.78 is 0. The minimum atomic E-state index is 0.0537. The standard InChI is InChI=1S/C18H22N2OS/c1-13-8-10-15(11-9-13)20(2)18(21)16-12-22-17(19-16)14-6-4-3-5-7-14/h3-7,12-13,15H,8-11H2,1-2H3. The summed E-state index contributed by atoms with van der Waals surface area (Å²) in [5.74, 6) is 0.849. The molecule has 3 nitrogen and oxygen atoms in total. The fourth-order valence-electron chi connectivity index (χ4n) is 3.06. The molecule has 4 heteroatoms. The second kappa shape index (κ2) is 6.61. The summed E-state index contributed by atoms with van der Waals surface area (Å²) in [6.07, 6.45) is 4.65. The number of benzene rings is 1. The Kier molecular flexibility index (Phi) is 4.57. The molecule has 0 bridgehead atoms. The molecule has 0 aliphatic heterocycles. The normalized spacial score (nSPS) is 21.5. The second-order valence-electron chi connectivity index (χ2n) is 6.23. The van der Waals surface area contributed by atoms with Crippen LogP contribution in [-0.4, -0.2) is 28.9 Å². The SMILES string of the molecule is CC1CCC(N(C)C(=O)c2csc(-c3ccccc3)n2)CC1. The number of carbonyl (C=O) groups excluding carboxylic acids is 1. The molecule has 0 radical (unpaired) electrons. The topological polar surface area (TPSA) is 33.2 Å². The smallest absolute Gasteiger partial charge is 0.273 e. The van der Waals surface area contributed by atoms with Crippen LogP contribution in [0.2, 0.25) is 0 Å². The molecule has 3 rings (SSSR count). The average Bonchev–Trinajstić information content (AvgIpc) is 3.05. The fourth-order valence-corrected chi connectivity index (χ4v) is 3.86. The number of nitrogens with zero attached hydrogens (tertiary/aromatic N) is 2. The highest BCUT2D eigenvalue weighted by atomic mass is 32.1. The van der Waals surface area contributed by atoms with E-state index < -0.39 is 0 Å². The van der Waals surface area contributed by atoms with Crippen molar-refractivity contribution in [3.8, 4) is 10.6 Å². The van der Waals surface area contributed by atoms with Gasteiger partial charge in [0.05, 0.1) is 0 Å². The Labute approximate surface area is 136 Å². The van der Waals surface area contributed by atoms with Gasteiger partial charge in [-0.1, -0.05) is 37.3 Å². The van der Waals surface area contributed by atoms with Crippen molar-refractivity contribution in [2.45, 2.75) is 38.6 Å². The molecule has 0 unspecified atom stereocenters. The highest BCUT2D eigenvalue weighted by Gasteiger charge is 2.26. The third-order valence-corrected chi connectivity index (χ3v) is 5.49. The highest BCUT2D eigenvalue weighted by molar-refractivity contribution is 7.13. The molecule has 1 aliphatic carbocycles. The predicted octanol–water partition coefficient (Wildman–Crippen LogP) is 4.46. The largest absolute Gasteiger partial charge is 0.337 e. The van der Waals surface area contributed by atoms with Gasteiger partial charge in [-0.15, -0.1) is 11.3 Å². The molecule has 0 atom stereocenters. The Hall–Kier alpha value is -1.68. The van der Waals surface area contributed by atoms with Gasteiger partial charge in [-0.25, -0.2) is 4.98 Å². The highest BCUT2D eigenvalue weighted by Crippen LogP contribution is 2.28. The molecule has 1 aromatic heterocycles. The summed E-state index contributed by atoms with van der Waals surface area (Å²) >= 11 is 1.54. The predicted molar refractivity (Wildman–Crippen MR) is 91.1 cm³/mol. The van der Waals surface area contributed by atoms with Gasteiger partial charge in [-0.3, -0.25) is 4.79 Å². The minimum absolute atomic E-state index is 0.0537. The fraction of sp³-hybridized carbons (Fsp3) is 0.444. The lowest BCUT2D eigenvalue weighted by atomic mass is 9.87. The summed E-state index contributed by atoms with van der Waals surface area (Å²) in [6.45, 7) is 2.30. The van der Waals surface area contributed by atoms with E-state index in [0.717, 1.165) is 29.3 Å². The van der Waals surface area contributed by atoms with Crippen LogP contribution < -0.4 is 0 Å². The van der Waals surface area contributed by atoms with Crippen LogP contribution in [0.25, 0.3) is 10.6 Å². The number of aromatic nitrogens is 1. The van der Waals surface area contributed by atoms with Gasteiger partial charge in [0.1, 0.15) is 10.7 Å². The quantitative estimate of drug-likeness (QED) is 0.838. The lowest BCUT2D eigenvalue weighted by Gasteiger charge is -2.33. The molecule has 1 heterocycles. The Balaban J connectivity index is 1.71. The van der Waals surface area contributed by atoms with Crippen LogP contribution in [0.3, 0.4) is 0 Å². The van der Waals surface area contributed by atoms with Gasteiger partial charge in [0.25, 0.3) is 5.91 Å². The third kappa shape index (κ3) is 3.22. The molecule has 1 fully saturated rings. The van der Waals surface area contributed by atoms with Gasteiger partial charge in [-0.05, 0) is 31.6 Å². The molecule has 1 aromatic carbocycles. The van der Waals surface area contributed by atoms with Crippen LogP contribution in [0.1, 0.15) is 43.1 Å². The molecular formula is C18H22N2OS. The van der Waals surface area contributed by atoms with Gasteiger partial charge >= 0.3 is 0 Å². The lowest BCUT2D eigenvalue weighted by molar-refractivity contribution is 0.0674. The van der Waals surface area contributed by atoms with Gasteiger partial charge in [0, 0.05) is 24.0 Å². The van der Waals surface area contributed by atoms with E-state index >= 15 is 0 Å². The lowest BCUT2D eigenvalue weighted by Crippen LogP contribution is -2.39. The monoisotopic (exact) mass is 314 g/mol. The van der Waals surface area contributed by atoms with Crippen LogP contribution in [-0.2, 0) is 0 Å². The number of carbonyl (C=O) groups is 1. The summed E-state index contributed by atoms with van der Waals surface area (Å²) in [4.78, 5) is 19.1. The van der Waals surface area contributed by atoms with Crippen LogP contribution >= 0.6 is 11.3 Å². The summed E-state index contributed by atoms with van der Waals surface area (Å²) in [5.41, 5.74) is 1.64. The van der Waals surface area contributed by atoms with Crippen molar-refractivity contribution >= 4 is 17.2 Å². The summed E-state index contributed by atoms with van der Waals surface area (Å²) in [7, 11) is 1.92. The van der Waals surface area contributed by atoms with Crippen molar-refractivity contribution < 1.29 is 4.79 Å². The Morgan fingerprint density at radius 1 is 1.18 bits per heavy atom. The number of hydrogen-bond donors (Lipinski definition) is 0. The molecule has 116 valence electrons. The van der Waals surface area contributed by atoms with Crippen molar-refractivity contribution in [2.75, 3.05) is 7.05 Å². The Bertz CT molecular complexity index is 630. The Morgan fingerprint density at radius 3 is 2.55 bits per heavy atom. The van der Waals surface area contributed by atoms with Crippen molar-refractivity contribution in [1.82, 2.24) is 9.88 Å². The first-order chi connectivity index (χ1) is 10.6. The van der Waals surface area contributed by atoms with Crippen molar-refractivity contribution in [3.63, 3.8) is 0 Å². The van der Waals surface area contributed by atoms with E-state index in [1.807, 2.05) is 47.7 Å². The van der Waals surface area contributed by atoms with E-state index in [1.165, 1.54) is 24.2 Å².